The molecule has 2 aromatic carbocycles. The molecule has 1 saturated carbocycles. The molecule has 16 heteroatoms. The number of imide groups is 1. The van der Waals surface area contributed by atoms with Gasteiger partial charge in [0.2, 0.25) is 11.8 Å². The molecule has 7 heterocycles. The van der Waals surface area contributed by atoms with Gasteiger partial charge >= 0.3 is 0 Å². The van der Waals surface area contributed by atoms with Gasteiger partial charge in [-0.1, -0.05) is 0 Å². The Morgan fingerprint density at radius 1 is 0.922 bits per heavy atom. The first-order valence-electron chi connectivity index (χ1n) is 22.8. The van der Waals surface area contributed by atoms with E-state index in [1.165, 1.54) is 10.7 Å². The third kappa shape index (κ3) is 8.12. The van der Waals surface area contributed by atoms with Gasteiger partial charge in [-0.15, -0.1) is 0 Å². The summed E-state index contributed by atoms with van der Waals surface area (Å²) in [6, 6.07) is 17.3. The number of hydrogen-bond donors (Lipinski definition) is 3. The van der Waals surface area contributed by atoms with Gasteiger partial charge in [0, 0.05) is 98.9 Å². The Hall–Kier alpha value is -6.15. The number of benzene rings is 2. The van der Waals surface area contributed by atoms with Crippen LogP contribution < -0.4 is 15.5 Å². The number of carbonyl (C=O) groups is 4. The van der Waals surface area contributed by atoms with Crippen molar-refractivity contribution >= 4 is 51.4 Å². The third-order valence-electron chi connectivity index (χ3n) is 14.4. The number of aliphatic hydroxyl groups is 1. The summed E-state index contributed by atoms with van der Waals surface area (Å²) in [7, 11) is 0. The number of aromatic nitrogens is 4. The molecule has 3 aromatic heterocycles. The molecular weight excluding hydrogens is 811 g/mol. The number of fused-ring (bicyclic) bond motifs is 3. The lowest BCUT2D eigenvalue weighted by atomic mass is 9.89. The van der Waals surface area contributed by atoms with Gasteiger partial charge in [-0.05, 0) is 119 Å². The van der Waals surface area contributed by atoms with E-state index >= 15 is 0 Å². The van der Waals surface area contributed by atoms with Crippen LogP contribution >= 0.6 is 0 Å². The average molecular weight is 866 g/mol. The summed E-state index contributed by atoms with van der Waals surface area (Å²) in [5, 5.41) is 36.0. The van der Waals surface area contributed by atoms with Crippen molar-refractivity contribution < 1.29 is 24.3 Å². The van der Waals surface area contributed by atoms with Crippen molar-refractivity contribution in [3.63, 3.8) is 0 Å². The molecule has 5 aliphatic rings. The summed E-state index contributed by atoms with van der Waals surface area (Å²) in [6.07, 6.45) is 10.7. The number of amides is 4. The van der Waals surface area contributed by atoms with Crippen molar-refractivity contribution in [3.8, 4) is 6.07 Å². The van der Waals surface area contributed by atoms with Gasteiger partial charge in [-0.3, -0.25) is 34.1 Å². The van der Waals surface area contributed by atoms with Crippen LogP contribution in [0, 0.1) is 17.2 Å². The van der Waals surface area contributed by atoms with Crippen LogP contribution in [0.2, 0.25) is 0 Å². The predicted molar refractivity (Wildman–Crippen MR) is 240 cm³/mol. The fourth-order valence-corrected chi connectivity index (χ4v) is 10.8. The quantitative estimate of drug-likeness (QED) is 0.173. The molecule has 3 saturated heterocycles. The molecule has 4 fully saturated rings. The van der Waals surface area contributed by atoms with Crippen molar-refractivity contribution in [2.45, 2.75) is 95.5 Å². The highest BCUT2D eigenvalue weighted by Gasteiger charge is 2.39. The molecule has 64 heavy (non-hydrogen) atoms. The highest BCUT2D eigenvalue weighted by atomic mass is 16.3. The molecule has 16 nitrogen and oxygen atoms in total. The number of rotatable bonds is 9. The zero-order valence-electron chi connectivity index (χ0n) is 36.5. The molecule has 1 aliphatic carbocycles. The van der Waals surface area contributed by atoms with Crippen molar-refractivity contribution in [1.82, 2.24) is 39.4 Å². The smallest absolute Gasteiger partial charge is 0.274 e. The molecule has 10 rings (SSSR count). The number of anilines is 2. The fourth-order valence-electron chi connectivity index (χ4n) is 10.8. The number of nitrogens with zero attached hydrogens (tertiary/aromatic N) is 9. The number of hydrogen-bond acceptors (Lipinski definition) is 11. The molecule has 4 amide bonds. The van der Waals surface area contributed by atoms with Crippen LogP contribution in [0.4, 0.5) is 11.4 Å². The van der Waals surface area contributed by atoms with Crippen LogP contribution in [-0.4, -0.2) is 121 Å². The molecule has 1 atom stereocenters. The largest absolute Gasteiger partial charge is 0.386 e. The summed E-state index contributed by atoms with van der Waals surface area (Å²) < 4.78 is 3.59. The van der Waals surface area contributed by atoms with Gasteiger partial charge in [0.1, 0.15) is 17.8 Å². The fraction of sp³-hybridized carbons (Fsp3) is 0.479. The van der Waals surface area contributed by atoms with Crippen LogP contribution in [0.3, 0.4) is 0 Å². The normalized spacial score (nSPS) is 22.8. The molecular formula is C48H55N11O5. The van der Waals surface area contributed by atoms with Gasteiger partial charge in [-0.25, -0.2) is 4.52 Å². The van der Waals surface area contributed by atoms with E-state index in [9.17, 15) is 29.5 Å². The summed E-state index contributed by atoms with van der Waals surface area (Å²) in [5.41, 5.74) is 4.75. The van der Waals surface area contributed by atoms with Crippen molar-refractivity contribution in [1.29, 1.82) is 5.26 Å². The van der Waals surface area contributed by atoms with Crippen LogP contribution in [-0.2, 0) is 21.7 Å². The second-order valence-corrected chi connectivity index (χ2v) is 19.0. The molecule has 332 valence electrons. The minimum atomic E-state index is -1.23. The first-order chi connectivity index (χ1) is 30.9. The van der Waals surface area contributed by atoms with Crippen LogP contribution in [0.15, 0.2) is 60.9 Å². The zero-order chi connectivity index (χ0) is 44.3. The summed E-state index contributed by atoms with van der Waals surface area (Å²) in [5.74, 6) is -0.496. The van der Waals surface area contributed by atoms with Crippen LogP contribution in [0.25, 0.3) is 16.4 Å². The lowest BCUT2D eigenvalue weighted by molar-refractivity contribution is -0.136. The number of nitriles is 1. The van der Waals surface area contributed by atoms with Crippen LogP contribution in [0.5, 0.6) is 0 Å². The first kappa shape index (κ1) is 41.8. The maximum Gasteiger partial charge on any atom is 0.274 e. The SMILES string of the molecule is CC(C)(O)c1cc2nn(C3CCC(N4CCN(CC5CCN(c6ccc7c(c6)CN(C6CCC(=O)NC6=O)C7=O)CC5)CC4)CC3)cc2cc1NC(=O)c1ccc2cc(C#N)cnn12. The van der Waals surface area contributed by atoms with E-state index in [1.54, 1.807) is 36.9 Å². The lowest BCUT2D eigenvalue weighted by Gasteiger charge is -2.43. The molecule has 0 spiro atoms. The van der Waals surface area contributed by atoms with Gasteiger partial charge in [0.15, 0.2) is 0 Å². The number of piperidine rings is 2. The Morgan fingerprint density at radius 3 is 2.42 bits per heavy atom. The van der Waals surface area contributed by atoms with E-state index in [1.807, 2.05) is 24.3 Å². The molecule has 3 N–H and O–H groups in total. The topological polar surface area (TPSA) is 184 Å². The van der Waals surface area contributed by atoms with Crippen molar-refractivity contribution in [3.05, 3.63) is 88.9 Å². The molecule has 0 radical (unpaired) electrons. The standard InChI is InChI=1S/C48H55N11O5/c1-48(2,64)39-24-40-33(23-41(39)51-46(62)43-10-8-37-21-31(25-49)26-50-59(37)43)29-58(53-40)35-5-3-34(4-6-35)56-19-17-54(18-20-56)27-30-13-15-55(16-14-30)36-7-9-38-32(22-36)28-57(47(38)63)42-11-12-44(60)52-45(42)61/h7-10,21-24,26,29-30,34-35,42,64H,3-6,11-20,27-28H2,1-2H3,(H,51,62)(H,52,60,61). The van der Waals surface area contributed by atoms with E-state index in [-0.39, 0.29) is 36.1 Å². The van der Waals surface area contributed by atoms with Gasteiger partial charge < -0.3 is 25.1 Å². The van der Waals surface area contributed by atoms with Gasteiger partial charge in [0.05, 0.1) is 34.4 Å². The number of piperazine rings is 1. The molecule has 1 unspecified atom stereocenters. The maximum absolute atomic E-state index is 13.6. The second-order valence-electron chi connectivity index (χ2n) is 19.0. The third-order valence-corrected chi connectivity index (χ3v) is 14.4. The number of nitrogens with one attached hydrogen (secondary N) is 2. The Kier molecular flexibility index (Phi) is 11.0. The monoisotopic (exact) mass is 865 g/mol. The van der Waals surface area contributed by atoms with Gasteiger partial charge in [0.25, 0.3) is 11.8 Å². The Morgan fingerprint density at radius 2 is 1.69 bits per heavy atom. The summed E-state index contributed by atoms with van der Waals surface area (Å²) >= 11 is 0. The van der Waals surface area contributed by atoms with E-state index in [0.29, 0.717) is 58.5 Å². The summed E-state index contributed by atoms with van der Waals surface area (Å²) in [6.45, 7) is 11.3. The van der Waals surface area contributed by atoms with E-state index in [0.717, 1.165) is 106 Å². The zero-order valence-corrected chi connectivity index (χ0v) is 36.5. The highest BCUT2D eigenvalue weighted by Crippen LogP contribution is 2.37. The molecule has 5 aromatic rings. The maximum atomic E-state index is 13.6. The Balaban J connectivity index is 0.696. The van der Waals surface area contributed by atoms with E-state index < -0.39 is 11.6 Å². The first-order valence-corrected chi connectivity index (χ1v) is 22.8. The number of carbonyl (C=O) groups excluding carboxylic acids is 4. The minimum Gasteiger partial charge on any atom is -0.386 e. The van der Waals surface area contributed by atoms with Crippen molar-refractivity contribution in [2.24, 2.45) is 5.92 Å². The molecule has 4 aliphatic heterocycles. The minimum absolute atomic E-state index is 0.130. The predicted octanol–water partition coefficient (Wildman–Crippen LogP) is 4.81. The van der Waals surface area contributed by atoms with E-state index in [4.69, 9.17) is 5.10 Å². The Bertz CT molecular complexity index is 2690. The molecule has 0 bridgehead atoms. The lowest BCUT2D eigenvalue weighted by Crippen LogP contribution is -2.52. The average Bonchev–Trinajstić information content (AvgIpc) is 4.01. The highest BCUT2D eigenvalue weighted by molar-refractivity contribution is 6.06. The summed E-state index contributed by atoms with van der Waals surface area (Å²) in [4.78, 5) is 60.3. The second kappa shape index (κ2) is 16.8. The van der Waals surface area contributed by atoms with Gasteiger partial charge in [-0.2, -0.15) is 15.5 Å². The Labute approximate surface area is 371 Å². The van der Waals surface area contributed by atoms with E-state index in [2.05, 4.69) is 53.4 Å². The van der Waals surface area contributed by atoms with Crippen molar-refractivity contribution in [2.75, 3.05) is 56.0 Å². The van der Waals surface area contributed by atoms with Crippen LogP contribution in [0.1, 0.15) is 109 Å².